The molecule has 2 N–H and O–H groups in total. The average molecular weight is 366 g/mol. The number of para-hydroxylation sites is 1. The number of pyridine rings is 1. The number of benzene rings is 1. The van der Waals surface area contributed by atoms with Crippen molar-refractivity contribution >= 4 is 10.9 Å². The second kappa shape index (κ2) is 7.76. The second-order valence-corrected chi connectivity index (χ2v) is 7.44. The maximum atomic E-state index is 10.6. The van der Waals surface area contributed by atoms with Crippen molar-refractivity contribution < 1.29 is 10.2 Å². The van der Waals surface area contributed by atoms with E-state index in [1.54, 1.807) is 4.68 Å². The highest BCUT2D eigenvalue weighted by molar-refractivity contribution is 5.81. The van der Waals surface area contributed by atoms with Gasteiger partial charge in [-0.05, 0) is 31.0 Å². The van der Waals surface area contributed by atoms with E-state index < -0.39 is 0 Å². The highest BCUT2D eigenvalue weighted by Gasteiger charge is 2.32. The van der Waals surface area contributed by atoms with Crippen LogP contribution in [0.2, 0.25) is 0 Å². The van der Waals surface area contributed by atoms with Gasteiger partial charge in [0.05, 0.1) is 30.5 Å². The lowest BCUT2D eigenvalue weighted by Crippen LogP contribution is -2.21. The van der Waals surface area contributed by atoms with E-state index in [9.17, 15) is 5.11 Å². The zero-order valence-electron chi connectivity index (χ0n) is 15.6. The first-order valence-electron chi connectivity index (χ1n) is 9.51. The molecule has 0 amide bonds. The number of β-amino-alcohol motifs (C(OH)–C–C–N with tert-alkyl or cyclic N) is 1. The third-order valence-electron chi connectivity index (χ3n) is 5.47. The molecule has 0 radical (unpaired) electrons. The summed E-state index contributed by atoms with van der Waals surface area (Å²) < 4.78 is 1.79. The second-order valence-electron chi connectivity index (χ2n) is 7.44. The summed E-state index contributed by atoms with van der Waals surface area (Å²) in [5.41, 5.74) is 4.40. The Balaban J connectivity index is 1.45. The molecule has 2 aromatic heterocycles. The Morgan fingerprint density at radius 2 is 2.00 bits per heavy atom. The van der Waals surface area contributed by atoms with Crippen LogP contribution >= 0.6 is 0 Å². The van der Waals surface area contributed by atoms with Crippen LogP contribution < -0.4 is 0 Å². The fourth-order valence-corrected chi connectivity index (χ4v) is 4.06. The lowest BCUT2D eigenvalue weighted by atomic mass is 9.94. The van der Waals surface area contributed by atoms with Crippen LogP contribution in [0.4, 0.5) is 0 Å². The molecule has 3 aromatic rings. The van der Waals surface area contributed by atoms with Crippen molar-refractivity contribution in [3.8, 4) is 0 Å². The Bertz CT molecular complexity index is 918. The number of aliphatic hydroxyl groups excluding tert-OH is 2. The molecule has 1 aliphatic rings. The van der Waals surface area contributed by atoms with Gasteiger partial charge in [-0.2, -0.15) is 5.10 Å². The fraction of sp³-hybridized carbons (Fsp3) is 0.429. The third-order valence-corrected chi connectivity index (χ3v) is 5.47. The summed E-state index contributed by atoms with van der Waals surface area (Å²) in [5.74, 6) is 0.212. The monoisotopic (exact) mass is 366 g/mol. The molecule has 3 heterocycles. The van der Waals surface area contributed by atoms with Crippen LogP contribution in [-0.4, -0.2) is 55.7 Å². The zero-order chi connectivity index (χ0) is 18.8. The van der Waals surface area contributed by atoms with Crippen molar-refractivity contribution in [2.75, 3.05) is 19.7 Å². The van der Waals surface area contributed by atoms with Crippen LogP contribution in [0.3, 0.4) is 0 Å². The van der Waals surface area contributed by atoms with E-state index in [0.717, 1.165) is 36.3 Å². The molecule has 2 atom stereocenters. The molecular formula is C21H26N4O2. The van der Waals surface area contributed by atoms with Gasteiger partial charge in [-0.1, -0.05) is 18.2 Å². The van der Waals surface area contributed by atoms with Crippen LogP contribution in [0.5, 0.6) is 0 Å². The van der Waals surface area contributed by atoms with Crippen LogP contribution in [0, 0.1) is 12.8 Å². The lowest BCUT2D eigenvalue weighted by Gasteiger charge is -2.16. The Hall–Kier alpha value is -2.28. The van der Waals surface area contributed by atoms with Crippen molar-refractivity contribution in [2.24, 2.45) is 5.92 Å². The van der Waals surface area contributed by atoms with Gasteiger partial charge in [-0.15, -0.1) is 0 Å². The molecule has 0 aliphatic carbocycles. The first-order chi connectivity index (χ1) is 13.1. The molecular weight excluding hydrogens is 340 g/mol. The maximum Gasteiger partial charge on any atom is 0.0710 e. The lowest BCUT2D eigenvalue weighted by molar-refractivity contribution is 0.141. The fourth-order valence-electron chi connectivity index (χ4n) is 4.06. The summed E-state index contributed by atoms with van der Waals surface area (Å²) in [4.78, 5) is 6.73. The number of likely N-dealkylation sites (tertiary alicyclic amines) is 1. The topological polar surface area (TPSA) is 74.4 Å². The van der Waals surface area contributed by atoms with E-state index in [4.69, 9.17) is 5.11 Å². The molecule has 4 rings (SSSR count). The molecule has 27 heavy (non-hydrogen) atoms. The van der Waals surface area contributed by atoms with Crippen molar-refractivity contribution in [1.82, 2.24) is 19.7 Å². The molecule has 1 aliphatic heterocycles. The van der Waals surface area contributed by atoms with E-state index in [2.05, 4.69) is 27.1 Å². The van der Waals surface area contributed by atoms with Gasteiger partial charge in [0, 0.05) is 48.9 Å². The largest absolute Gasteiger partial charge is 0.394 e. The Morgan fingerprint density at radius 3 is 2.85 bits per heavy atom. The first-order valence-corrected chi connectivity index (χ1v) is 9.51. The number of aryl methyl sites for hydroxylation is 1. The minimum atomic E-state index is -0.329. The number of rotatable bonds is 6. The normalized spacial score (nSPS) is 20.6. The van der Waals surface area contributed by atoms with E-state index in [1.807, 2.05) is 37.5 Å². The number of hydrogen-bond donors (Lipinski definition) is 2. The SMILES string of the molecule is Cc1nn(CCO)cc1CN1C[C@@H](Cc2ccnc3ccccc23)[C@@H](O)C1. The van der Waals surface area contributed by atoms with E-state index in [1.165, 1.54) is 10.9 Å². The Kier molecular flexibility index (Phi) is 5.20. The summed E-state index contributed by atoms with van der Waals surface area (Å²) in [6.45, 7) is 4.92. The number of fused-ring (bicyclic) bond motifs is 1. The summed E-state index contributed by atoms with van der Waals surface area (Å²) >= 11 is 0. The molecule has 0 spiro atoms. The van der Waals surface area contributed by atoms with Gasteiger partial charge in [-0.3, -0.25) is 14.6 Å². The van der Waals surface area contributed by atoms with Gasteiger partial charge >= 0.3 is 0 Å². The summed E-state index contributed by atoms with van der Waals surface area (Å²) in [7, 11) is 0. The van der Waals surface area contributed by atoms with Gasteiger partial charge < -0.3 is 10.2 Å². The zero-order valence-corrected chi connectivity index (χ0v) is 15.6. The van der Waals surface area contributed by atoms with E-state index in [-0.39, 0.29) is 18.6 Å². The van der Waals surface area contributed by atoms with Crippen LogP contribution in [0.15, 0.2) is 42.7 Å². The van der Waals surface area contributed by atoms with Gasteiger partial charge in [0.2, 0.25) is 0 Å². The minimum absolute atomic E-state index is 0.0882. The predicted molar refractivity (Wildman–Crippen MR) is 104 cm³/mol. The van der Waals surface area contributed by atoms with Gasteiger partial charge in [0.15, 0.2) is 0 Å². The summed E-state index contributed by atoms with van der Waals surface area (Å²) in [5, 5.41) is 25.3. The Labute approximate surface area is 159 Å². The van der Waals surface area contributed by atoms with Crippen LogP contribution in [-0.2, 0) is 19.5 Å². The van der Waals surface area contributed by atoms with E-state index in [0.29, 0.717) is 13.1 Å². The van der Waals surface area contributed by atoms with Gasteiger partial charge in [0.25, 0.3) is 0 Å². The van der Waals surface area contributed by atoms with Crippen LogP contribution in [0.1, 0.15) is 16.8 Å². The van der Waals surface area contributed by atoms with E-state index >= 15 is 0 Å². The Morgan fingerprint density at radius 1 is 1.15 bits per heavy atom. The third kappa shape index (κ3) is 3.88. The quantitative estimate of drug-likeness (QED) is 0.695. The van der Waals surface area contributed by atoms with Crippen molar-refractivity contribution in [1.29, 1.82) is 0 Å². The molecule has 0 saturated carbocycles. The van der Waals surface area contributed by atoms with Gasteiger partial charge in [-0.25, -0.2) is 0 Å². The molecule has 142 valence electrons. The number of aliphatic hydroxyl groups is 2. The molecule has 0 unspecified atom stereocenters. The standard InChI is InChI=1S/C21H26N4O2/c1-15-18(13-25(23-15)8-9-26)12-24-11-17(21(27)14-24)10-16-6-7-22-20-5-3-2-4-19(16)20/h2-7,13,17,21,26-27H,8-12,14H2,1H3/t17-,21+/m1/s1. The first kappa shape index (κ1) is 18.1. The van der Waals surface area contributed by atoms with Crippen molar-refractivity contribution in [2.45, 2.75) is 32.5 Å². The molecule has 1 aromatic carbocycles. The molecule has 1 fully saturated rings. The highest BCUT2D eigenvalue weighted by atomic mass is 16.3. The molecule has 1 saturated heterocycles. The minimum Gasteiger partial charge on any atom is -0.394 e. The average Bonchev–Trinajstić information content (AvgIpc) is 3.18. The smallest absolute Gasteiger partial charge is 0.0710 e. The maximum absolute atomic E-state index is 10.6. The highest BCUT2D eigenvalue weighted by Crippen LogP contribution is 2.26. The number of hydrogen-bond acceptors (Lipinski definition) is 5. The molecule has 0 bridgehead atoms. The summed E-state index contributed by atoms with van der Waals surface area (Å²) in [6, 6.07) is 10.3. The van der Waals surface area contributed by atoms with Crippen molar-refractivity contribution in [3.63, 3.8) is 0 Å². The number of nitrogens with zero attached hydrogens (tertiary/aromatic N) is 4. The summed E-state index contributed by atoms with van der Waals surface area (Å²) in [6.07, 6.45) is 4.38. The number of aromatic nitrogens is 3. The van der Waals surface area contributed by atoms with Crippen LogP contribution in [0.25, 0.3) is 10.9 Å². The predicted octanol–water partition coefficient (Wildman–Crippen LogP) is 1.77. The van der Waals surface area contributed by atoms with Gasteiger partial charge in [0.1, 0.15) is 0 Å². The molecule has 6 heteroatoms. The van der Waals surface area contributed by atoms with Crippen molar-refractivity contribution in [3.05, 3.63) is 59.5 Å². The molecule has 6 nitrogen and oxygen atoms in total.